The molecule has 3 heteroatoms. The van der Waals surface area contributed by atoms with Crippen LogP contribution in [-0.2, 0) is 4.74 Å². The summed E-state index contributed by atoms with van der Waals surface area (Å²) in [5.41, 5.74) is 4.59. The molecule has 2 aromatic carbocycles. The number of carbonyl (C=O) groups excluding carboxylic acids is 1. The van der Waals surface area contributed by atoms with Crippen LogP contribution in [0.15, 0.2) is 72.9 Å². The lowest BCUT2D eigenvalue weighted by Crippen LogP contribution is -2.00. The molecule has 1 heterocycles. The number of methoxy groups -OCH3 is 1. The second-order valence-corrected chi connectivity index (χ2v) is 4.87. The van der Waals surface area contributed by atoms with Gasteiger partial charge in [-0.1, -0.05) is 48.5 Å². The highest BCUT2D eigenvalue weighted by molar-refractivity contribution is 5.89. The summed E-state index contributed by atoms with van der Waals surface area (Å²) in [5, 5.41) is 0. The Kier molecular flexibility index (Phi) is 3.97. The Hall–Kier alpha value is -2.94. The molecule has 0 saturated heterocycles. The first-order valence-electron chi connectivity index (χ1n) is 6.98. The molecule has 0 atom stereocenters. The van der Waals surface area contributed by atoms with E-state index in [1.165, 1.54) is 7.11 Å². The van der Waals surface area contributed by atoms with E-state index in [9.17, 15) is 4.79 Å². The zero-order valence-electron chi connectivity index (χ0n) is 12.2. The Morgan fingerprint density at radius 1 is 0.818 bits per heavy atom. The molecule has 0 aliphatic carbocycles. The lowest BCUT2D eigenvalue weighted by molar-refractivity contribution is 0.0601. The van der Waals surface area contributed by atoms with Gasteiger partial charge in [-0.25, -0.2) is 4.79 Å². The van der Waals surface area contributed by atoms with Crippen LogP contribution in [0.2, 0.25) is 0 Å². The van der Waals surface area contributed by atoms with Gasteiger partial charge in [-0.05, 0) is 23.8 Å². The highest BCUT2D eigenvalue weighted by atomic mass is 16.5. The third-order valence-electron chi connectivity index (χ3n) is 3.47. The van der Waals surface area contributed by atoms with Crippen LogP contribution in [0.3, 0.4) is 0 Å². The summed E-state index contributed by atoms with van der Waals surface area (Å²) in [7, 11) is 1.38. The number of hydrogen-bond donors (Lipinski definition) is 0. The molecule has 3 aromatic rings. The first-order valence-corrected chi connectivity index (χ1v) is 6.98. The number of rotatable bonds is 3. The van der Waals surface area contributed by atoms with Crippen LogP contribution in [-0.4, -0.2) is 18.1 Å². The molecule has 0 saturated carbocycles. The number of pyridine rings is 1. The van der Waals surface area contributed by atoms with Crippen molar-refractivity contribution in [3.05, 3.63) is 78.5 Å². The van der Waals surface area contributed by atoms with Crippen molar-refractivity contribution >= 4 is 5.97 Å². The number of benzene rings is 2. The first-order chi connectivity index (χ1) is 10.8. The lowest BCUT2D eigenvalue weighted by atomic mass is 10.1. The largest absolute Gasteiger partial charge is 0.465 e. The van der Waals surface area contributed by atoms with E-state index >= 15 is 0 Å². The van der Waals surface area contributed by atoms with Gasteiger partial charge in [-0.2, -0.15) is 0 Å². The third-order valence-corrected chi connectivity index (χ3v) is 3.47. The van der Waals surface area contributed by atoms with Gasteiger partial charge in [0.05, 0.1) is 18.4 Å². The van der Waals surface area contributed by atoms with Gasteiger partial charge in [0.25, 0.3) is 0 Å². The van der Waals surface area contributed by atoms with E-state index in [-0.39, 0.29) is 5.97 Å². The summed E-state index contributed by atoms with van der Waals surface area (Å²) >= 11 is 0. The maximum Gasteiger partial charge on any atom is 0.337 e. The van der Waals surface area contributed by atoms with Crippen LogP contribution in [0.5, 0.6) is 0 Å². The van der Waals surface area contributed by atoms with E-state index in [0.29, 0.717) is 5.56 Å². The monoisotopic (exact) mass is 289 g/mol. The number of hydrogen-bond acceptors (Lipinski definition) is 3. The SMILES string of the molecule is COC(=O)c1ccc(-c2ccc(-c3ccccc3)cn2)cc1. The van der Waals surface area contributed by atoms with E-state index in [1.54, 1.807) is 12.1 Å². The van der Waals surface area contributed by atoms with E-state index in [0.717, 1.165) is 22.4 Å². The minimum atomic E-state index is -0.334. The topological polar surface area (TPSA) is 39.2 Å². The molecule has 0 radical (unpaired) electrons. The molecule has 0 fully saturated rings. The zero-order chi connectivity index (χ0) is 15.4. The summed E-state index contributed by atoms with van der Waals surface area (Å²) < 4.78 is 4.69. The Morgan fingerprint density at radius 2 is 1.50 bits per heavy atom. The highest BCUT2D eigenvalue weighted by Gasteiger charge is 2.06. The van der Waals surface area contributed by atoms with Crippen LogP contribution in [0.4, 0.5) is 0 Å². The molecule has 0 amide bonds. The van der Waals surface area contributed by atoms with Crippen molar-refractivity contribution < 1.29 is 9.53 Å². The maximum atomic E-state index is 11.4. The predicted octanol–water partition coefficient (Wildman–Crippen LogP) is 4.20. The molecule has 3 rings (SSSR count). The Balaban J connectivity index is 1.85. The normalized spacial score (nSPS) is 10.2. The smallest absolute Gasteiger partial charge is 0.337 e. The van der Waals surface area contributed by atoms with Gasteiger partial charge in [0.2, 0.25) is 0 Å². The molecule has 0 spiro atoms. The standard InChI is InChI=1S/C19H15NO2/c1-22-19(21)16-9-7-15(8-10-16)18-12-11-17(13-20-18)14-5-3-2-4-6-14/h2-13H,1H3. The summed E-state index contributed by atoms with van der Waals surface area (Å²) in [4.78, 5) is 15.9. The lowest BCUT2D eigenvalue weighted by Gasteiger charge is -2.05. The average Bonchev–Trinajstić information content (AvgIpc) is 2.62. The molecule has 1 aromatic heterocycles. The first kappa shape index (κ1) is 14.0. The molecular weight excluding hydrogens is 274 g/mol. The van der Waals surface area contributed by atoms with E-state index < -0.39 is 0 Å². The Labute approximate surface area is 129 Å². The molecule has 0 aliphatic rings. The fourth-order valence-electron chi connectivity index (χ4n) is 2.26. The number of ether oxygens (including phenoxy) is 1. The minimum Gasteiger partial charge on any atom is -0.465 e. The Morgan fingerprint density at radius 3 is 2.09 bits per heavy atom. The molecule has 0 aliphatic heterocycles. The number of nitrogens with zero attached hydrogens (tertiary/aromatic N) is 1. The Bertz CT molecular complexity index is 763. The molecule has 0 bridgehead atoms. The van der Waals surface area contributed by atoms with Crippen molar-refractivity contribution in [2.75, 3.05) is 7.11 Å². The number of aromatic nitrogens is 1. The molecule has 22 heavy (non-hydrogen) atoms. The molecule has 0 unspecified atom stereocenters. The van der Waals surface area contributed by atoms with Gasteiger partial charge in [-0.15, -0.1) is 0 Å². The summed E-state index contributed by atoms with van der Waals surface area (Å²) in [6.07, 6.45) is 1.86. The van der Waals surface area contributed by atoms with Crippen LogP contribution < -0.4 is 0 Å². The summed E-state index contributed by atoms with van der Waals surface area (Å²) in [6.45, 7) is 0. The van der Waals surface area contributed by atoms with Crippen molar-refractivity contribution in [1.82, 2.24) is 4.98 Å². The predicted molar refractivity (Wildman–Crippen MR) is 86.4 cm³/mol. The molecule has 0 N–H and O–H groups in total. The van der Waals surface area contributed by atoms with Crippen molar-refractivity contribution in [3.63, 3.8) is 0 Å². The second kappa shape index (κ2) is 6.22. The third kappa shape index (κ3) is 2.88. The van der Waals surface area contributed by atoms with Crippen molar-refractivity contribution in [2.45, 2.75) is 0 Å². The van der Waals surface area contributed by atoms with Gasteiger partial charge in [0.15, 0.2) is 0 Å². The van der Waals surface area contributed by atoms with Crippen molar-refractivity contribution in [3.8, 4) is 22.4 Å². The molecular formula is C19H15NO2. The van der Waals surface area contributed by atoms with E-state index in [1.807, 2.05) is 48.7 Å². The van der Waals surface area contributed by atoms with Gasteiger partial charge < -0.3 is 4.74 Å². The van der Waals surface area contributed by atoms with Gasteiger partial charge in [0.1, 0.15) is 0 Å². The van der Waals surface area contributed by atoms with E-state index in [2.05, 4.69) is 17.1 Å². The van der Waals surface area contributed by atoms with Crippen molar-refractivity contribution in [1.29, 1.82) is 0 Å². The van der Waals surface area contributed by atoms with E-state index in [4.69, 9.17) is 4.74 Å². The van der Waals surface area contributed by atoms with Crippen LogP contribution in [0.1, 0.15) is 10.4 Å². The second-order valence-electron chi connectivity index (χ2n) is 4.87. The number of esters is 1. The van der Waals surface area contributed by atoms with Crippen LogP contribution in [0.25, 0.3) is 22.4 Å². The average molecular weight is 289 g/mol. The van der Waals surface area contributed by atoms with Gasteiger partial charge in [-0.3, -0.25) is 4.98 Å². The fourth-order valence-corrected chi connectivity index (χ4v) is 2.26. The maximum absolute atomic E-state index is 11.4. The number of carbonyl (C=O) groups is 1. The summed E-state index contributed by atoms with van der Waals surface area (Å²) in [6, 6.07) is 21.4. The van der Waals surface area contributed by atoms with Crippen molar-refractivity contribution in [2.24, 2.45) is 0 Å². The van der Waals surface area contributed by atoms with Crippen LogP contribution >= 0.6 is 0 Å². The van der Waals surface area contributed by atoms with Crippen LogP contribution in [0, 0.1) is 0 Å². The van der Waals surface area contributed by atoms with Gasteiger partial charge >= 0.3 is 5.97 Å². The minimum absolute atomic E-state index is 0.334. The molecule has 3 nitrogen and oxygen atoms in total. The zero-order valence-corrected chi connectivity index (χ0v) is 12.2. The fraction of sp³-hybridized carbons (Fsp3) is 0.0526. The molecule has 108 valence electrons. The summed E-state index contributed by atoms with van der Waals surface area (Å²) in [5.74, 6) is -0.334. The van der Waals surface area contributed by atoms with Gasteiger partial charge in [0, 0.05) is 17.3 Å². The highest BCUT2D eigenvalue weighted by Crippen LogP contribution is 2.22. The quantitative estimate of drug-likeness (QED) is 0.678.